The molecule has 0 fully saturated rings. The van der Waals surface area contributed by atoms with E-state index in [4.69, 9.17) is 0 Å². The maximum atomic E-state index is 3.60. The topological polar surface area (TPSA) is 0 Å². The van der Waals surface area contributed by atoms with Gasteiger partial charge in [-0.25, -0.2) is 0 Å². The van der Waals surface area contributed by atoms with Crippen molar-refractivity contribution in [1.29, 1.82) is 0 Å². The lowest BCUT2D eigenvalue weighted by Crippen LogP contribution is -1.60. The number of rotatable bonds is 2. The lowest BCUT2D eigenvalue weighted by atomic mass is 10.4. The second kappa shape index (κ2) is 4.37. The van der Waals surface area contributed by atoms with Crippen molar-refractivity contribution in [2.24, 2.45) is 0 Å². The molecule has 0 aromatic rings. The van der Waals surface area contributed by atoms with Crippen LogP contribution in [0.25, 0.3) is 0 Å². The molecule has 0 aromatic carbocycles. The summed E-state index contributed by atoms with van der Waals surface area (Å²) in [5.74, 6) is 0. The Morgan fingerprint density at radius 2 is 2.43 bits per heavy atom. The first kappa shape index (κ1) is 7.21. The Balaban J connectivity index is 3.36. The van der Waals surface area contributed by atoms with E-state index in [1.807, 2.05) is 13.0 Å². The molecule has 0 amide bonds. The zero-order chi connectivity index (χ0) is 5.70. The summed E-state index contributed by atoms with van der Waals surface area (Å²) < 4.78 is 1.35. The first-order chi connectivity index (χ1) is 3.31. The predicted octanol–water partition coefficient (Wildman–Crippen LogP) is 2.90. The minimum absolute atomic E-state index is 1.01. The van der Waals surface area contributed by atoms with Crippen molar-refractivity contribution in [3.05, 3.63) is 22.3 Å². The fraction of sp³-hybridized carbons (Fsp3) is 0.333. The van der Waals surface area contributed by atoms with Crippen molar-refractivity contribution in [2.75, 3.05) is 0 Å². The van der Waals surface area contributed by atoms with E-state index in [1.54, 1.807) is 0 Å². The third-order valence-electron chi connectivity index (χ3n) is 0.653. The van der Waals surface area contributed by atoms with Gasteiger partial charge in [0.2, 0.25) is 0 Å². The molecule has 0 aromatic heterocycles. The largest absolute Gasteiger partial charge is 0.103 e. The van der Waals surface area contributed by atoms with Gasteiger partial charge in [-0.1, -0.05) is 12.2 Å². The van der Waals surface area contributed by atoms with Crippen molar-refractivity contribution in [2.45, 2.75) is 13.3 Å². The number of halogens is 1. The Labute approximate surface area is 58.4 Å². The average Bonchev–Trinajstić information content (AvgIpc) is 1.68. The summed E-state index contributed by atoms with van der Waals surface area (Å²) in [6, 6.07) is 0. The first-order valence-corrected chi connectivity index (χ1v) is 3.30. The standard InChI is InChI=1S/C6H9I/c1-3-5-6(7)4-2/h3-4H,1,5H2,2H3/b6-4-. The molecule has 40 valence electrons. The van der Waals surface area contributed by atoms with Crippen LogP contribution in [0, 0.1) is 0 Å². The molecule has 0 radical (unpaired) electrons. The van der Waals surface area contributed by atoms with Crippen LogP contribution < -0.4 is 0 Å². The summed E-state index contributed by atoms with van der Waals surface area (Å²) in [4.78, 5) is 0. The van der Waals surface area contributed by atoms with Gasteiger partial charge >= 0.3 is 0 Å². The molecular formula is C6H9I. The van der Waals surface area contributed by atoms with Gasteiger partial charge in [-0.15, -0.1) is 6.58 Å². The highest BCUT2D eigenvalue weighted by Crippen LogP contribution is 2.09. The minimum atomic E-state index is 1.01. The molecule has 0 atom stereocenters. The van der Waals surface area contributed by atoms with Gasteiger partial charge in [-0.2, -0.15) is 0 Å². The summed E-state index contributed by atoms with van der Waals surface area (Å²) in [5, 5.41) is 0. The highest BCUT2D eigenvalue weighted by molar-refractivity contribution is 14.1. The van der Waals surface area contributed by atoms with Gasteiger partial charge in [0.25, 0.3) is 0 Å². The highest BCUT2D eigenvalue weighted by Gasteiger charge is 1.78. The molecule has 0 rings (SSSR count). The number of allylic oxidation sites excluding steroid dienone is 3. The zero-order valence-corrected chi connectivity index (χ0v) is 6.60. The van der Waals surface area contributed by atoms with Crippen LogP contribution >= 0.6 is 22.6 Å². The molecular weight excluding hydrogens is 199 g/mol. The Bertz CT molecular complexity index is 82.2. The quantitative estimate of drug-likeness (QED) is 0.483. The highest BCUT2D eigenvalue weighted by atomic mass is 127. The van der Waals surface area contributed by atoms with E-state index in [9.17, 15) is 0 Å². The second-order valence-corrected chi connectivity index (χ2v) is 2.61. The van der Waals surface area contributed by atoms with E-state index in [2.05, 4.69) is 35.2 Å². The molecule has 7 heavy (non-hydrogen) atoms. The van der Waals surface area contributed by atoms with Crippen LogP contribution in [0.3, 0.4) is 0 Å². The Morgan fingerprint density at radius 1 is 1.86 bits per heavy atom. The van der Waals surface area contributed by atoms with Crippen molar-refractivity contribution in [1.82, 2.24) is 0 Å². The summed E-state index contributed by atoms with van der Waals surface area (Å²) in [7, 11) is 0. The van der Waals surface area contributed by atoms with E-state index < -0.39 is 0 Å². The number of hydrogen-bond acceptors (Lipinski definition) is 0. The van der Waals surface area contributed by atoms with Crippen LogP contribution in [0.2, 0.25) is 0 Å². The van der Waals surface area contributed by atoms with E-state index in [0.29, 0.717) is 0 Å². The van der Waals surface area contributed by atoms with Crippen molar-refractivity contribution >= 4 is 22.6 Å². The zero-order valence-electron chi connectivity index (χ0n) is 4.45. The van der Waals surface area contributed by atoms with E-state index in [0.717, 1.165) is 6.42 Å². The Morgan fingerprint density at radius 3 is 2.57 bits per heavy atom. The van der Waals surface area contributed by atoms with E-state index >= 15 is 0 Å². The summed E-state index contributed by atoms with van der Waals surface area (Å²) in [5.41, 5.74) is 0. The van der Waals surface area contributed by atoms with Gasteiger partial charge in [0.1, 0.15) is 0 Å². The van der Waals surface area contributed by atoms with Crippen LogP contribution in [0.15, 0.2) is 22.3 Å². The van der Waals surface area contributed by atoms with Crippen LogP contribution in [0.5, 0.6) is 0 Å². The fourth-order valence-corrected chi connectivity index (χ4v) is 0.567. The summed E-state index contributed by atoms with van der Waals surface area (Å²) in [6.07, 6.45) is 5.00. The van der Waals surface area contributed by atoms with Crippen molar-refractivity contribution in [3.63, 3.8) is 0 Å². The molecule has 0 unspecified atom stereocenters. The molecule has 0 aliphatic heterocycles. The molecule has 0 aliphatic rings. The maximum absolute atomic E-state index is 3.60. The second-order valence-electron chi connectivity index (χ2n) is 1.23. The lowest BCUT2D eigenvalue weighted by Gasteiger charge is -1.84. The molecule has 1 heteroatoms. The van der Waals surface area contributed by atoms with Gasteiger partial charge in [-0.3, -0.25) is 0 Å². The Hall–Kier alpha value is 0.210. The van der Waals surface area contributed by atoms with Gasteiger partial charge in [0.05, 0.1) is 0 Å². The predicted molar refractivity (Wildman–Crippen MR) is 42.6 cm³/mol. The third-order valence-corrected chi connectivity index (χ3v) is 1.72. The van der Waals surface area contributed by atoms with Crippen molar-refractivity contribution < 1.29 is 0 Å². The first-order valence-electron chi connectivity index (χ1n) is 2.23. The smallest absolute Gasteiger partial charge is 0.00452 e. The SMILES string of the molecule is C=CC/C(I)=C/C. The summed E-state index contributed by atoms with van der Waals surface area (Å²) in [6.45, 7) is 5.64. The minimum Gasteiger partial charge on any atom is -0.103 e. The van der Waals surface area contributed by atoms with Crippen LogP contribution in [0.4, 0.5) is 0 Å². The molecule has 0 aliphatic carbocycles. The van der Waals surface area contributed by atoms with Gasteiger partial charge in [-0.05, 0) is 39.5 Å². The normalized spacial score (nSPS) is 11.4. The maximum Gasteiger partial charge on any atom is -0.00452 e. The molecule has 0 N–H and O–H groups in total. The van der Waals surface area contributed by atoms with Gasteiger partial charge in [0, 0.05) is 0 Å². The van der Waals surface area contributed by atoms with Crippen LogP contribution in [-0.4, -0.2) is 0 Å². The molecule has 0 spiro atoms. The molecule has 0 saturated carbocycles. The van der Waals surface area contributed by atoms with Crippen molar-refractivity contribution in [3.8, 4) is 0 Å². The third kappa shape index (κ3) is 4.05. The molecule has 0 nitrogen and oxygen atoms in total. The number of hydrogen-bond donors (Lipinski definition) is 0. The average molecular weight is 208 g/mol. The molecule has 0 saturated heterocycles. The van der Waals surface area contributed by atoms with Gasteiger partial charge < -0.3 is 0 Å². The molecule has 0 heterocycles. The Kier molecular flexibility index (Phi) is 4.50. The monoisotopic (exact) mass is 208 g/mol. The van der Waals surface area contributed by atoms with E-state index in [1.165, 1.54) is 3.58 Å². The van der Waals surface area contributed by atoms with E-state index in [-0.39, 0.29) is 0 Å². The van der Waals surface area contributed by atoms with Crippen LogP contribution in [0.1, 0.15) is 13.3 Å². The van der Waals surface area contributed by atoms with Crippen LogP contribution in [-0.2, 0) is 0 Å². The lowest BCUT2D eigenvalue weighted by molar-refractivity contribution is 1.38. The van der Waals surface area contributed by atoms with Gasteiger partial charge in [0.15, 0.2) is 0 Å². The fourth-order valence-electron chi connectivity index (χ4n) is 0.256. The molecule has 0 bridgehead atoms. The summed E-state index contributed by atoms with van der Waals surface area (Å²) >= 11 is 2.30.